The van der Waals surface area contributed by atoms with E-state index in [1.807, 2.05) is 17.8 Å². The second-order valence-electron chi connectivity index (χ2n) is 3.77. The Morgan fingerprint density at radius 1 is 1.20 bits per heavy atom. The van der Waals surface area contributed by atoms with E-state index in [0.29, 0.717) is 0 Å². The van der Waals surface area contributed by atoms with Crippen LogP contribution < -0.4 is 0 Å². The predicted molar refractivity (Wildman–Crippen MR) is 66.4 cm³/mol. The van der Waals surface area contributed by atoms with Crippen LogP contribution in [0, 0.1) is 0 Å². The maximum atomic E-state index is 6.51. The lowest BCUT2D eigenvalue weighted by Gasteiger charge is -2.30. The second kappa shape index (κ2) is 5.24. The molecule has 1 nitrogen and oxygen atoms in total. The summed E-state index contributed by atoms with van der Waals surface area (Å²) in [5.41, 5.74) is 1.34. The SMILES string of the molecule is ClC1(SCc2ccccc2)CCOCC1. The van der Waals surface area contributed by atoms with Gasteiger partial charge in [-0.3, -0.25) is 0 Å². The van der Waals surface area contributed by atoms with Gasteiger partial charge in [0, 0.05) is 19.0 Å². The third-order valence-corrected chi connectivity index (χ3v) is 4.69. The minimum atomic E-state index is -0.103. The molecule has 0 N–H and O–H groups in total. The van der Waals surface area contributed by atoms with Gasteiger partial charge in [0.25, 0.3) is 0 Å². The van der Waals surface area contributed by atoms with E-state index in [1.54, 1.807) is 0 Å². The zero-order valence-corrected chi connectivity index (χ0v) is 10.2. The highest BCUT2D eigenvalue weighted by Crippen LogP contribution is 2.40. The van der Waals surface area contributed by atoms with Gasteiger partial charge in [0.15, 0.2) is 0 Å². The third-order valence-electron chi connectivity index (χ3n) is 2.58. The molecule has 0 saturated carbocycles. The van der Waals surface area contributed by atoms with Crippen LogP contribution in [-0.4, -0.2) is 17.4 Å². The van der Waals surface area contributed by atoms with Crippen LogP contribution in [0.5, 0.6) is 0 Å². The van der Waals surface area contributed by atoms with Crippen LogP contribution in [0.1, 0.15) is 18.4 Å². The number of ether oxygens (including phenoxy) is 1. The first-order valence-corrected chi connectivity index (χ1v) is 6.59. The normalized spacial score (nSPS) is 20.1. The summed E-state index contributed by atoms with van der Waals surface area (Å²) in [7, 11) is 0. The summed E-state index contributed by atoms with van der Waals surface area (Å²) >= 11 is 8.35. The molecule has 0 bridgehead atoms. The molecule has 1 aromatic carbocycles. The highest BCUT2D eigenvalue weighted by Gasteiger charge is 2.30. The zero-order valence-electron chi connectivity index (χ0n) is 8.62. The summed E-state index contributed by atoms with van der Waals surface area (Å²) in [5, 5.41) is 0. The summed E-state index contributed by atoms with van der Waals surface area (Å²) < 4.78 is 5.22. The Hall–Kier alpha value is -0.180. The third kappa shape index (κ3) is 3.40. The van der Waals surface area contributed by atoms with Crippen LogP contribution in [0.3, 0.4) is 0 Å². The molecule has 3 heteroatoms. The van der Waals surface area contributed by atoms with E-state index in [9.17, 15) is 0 Å². The van der Waals surface area contributed by atoms with Gasteiger partial charge in [-0.1, -0.05) is 30.3 Å². The average molecular weight is 243 g/mol. The number of rotatable bonds is 3. The fourth-order valence-electron chi connectivity index (χ4n) is 1.61. The van der Waals surface area contributed by atoms with Crippen LogP contribution in [-0.2, 0) is 10.5 Å². The maximum Gasteiger partial charge on any atom is 0.0943 e. The first-order chi connectivity index (χ1) is 7.29. The zero-order chi connectivity index (χ0) is 10.6. The second-order valence-corrected chi connectivity index (χ2v) is 6.08. The van der Waals surface area contributed by atoms with Crippen molar-refractivity contribution in [2.75, 3.05) is 13.2 Å². The van der Waals surface area contributed by atoms with Crippen molar-refractivity contribution in [1.82, 2.24) is 0 Å². The van der Waals surface area contributed by atoms with Crippen LogP contribution in [0.25, 0.3) is 0 Å². The molecule has 1 aliphatic heterocycles. The highest BCUT2D eigenvalue weighted by molar-refractivity contribution is 8.01. The van der Waals surface area contributed by atoms with Crippen molar-refractivity contribution in [3.05, 3.63) is 35.9 Å². The van der Waals surface area contributed by atoms with E-state index in [4.69, 9.17) is 16.3 Å². The summed E-state index contributed by atoms with van der Waals surface area (Å²) in [5.74, 6) is 0.990. The molecular formula is C12H15ClOS. The van der Waals surface area contributed by atoms with E-state index in [1.165, 1.54) is 5.56 Å². The van der Waals surface area contributed by atoms with Gasteiger partial charge >= 0.3 is 0 Å². The van der Waals surface area contributed by atoms with Crippen molar-refractivity contribution >= 4 is 23.4 Å². The number of halogens is 1. The number of thioether (sulfide) groups is 1. The van der Waals surface area contributed by atoms with Gasteiger partial charge in [-0.25, -0.2) is 0 Å². The molecule has 15 heavy (non-hydrogen) atoms. The lowest BCUT2D eigenvalue weighted by molar-refractivity contribution is 0.0933. The minimum Gasteiger partial charge on any atom is -0.381 e. The van der Waals surface area contributed by atoms with E-state index in [2.05, 4.69) is 24.3 Å². The van der Waals surface area contributed by atoms with E-state index in [-0.39, 0.29) is 4.21 Å². The molecule has 0 aromatic heterocycles. The molecule has 0 amide bonds. The van der Waals surface area contributed by atoms with Gasteiger partial charge in [-0.2, -0.15) is 0 Å². The first kappa shape index (κ1) is 11.3. The Bertz CT molecular complexity index is 296. The number of alkyl halides is 1. The number of hydrogen-bond acceptors (Lipinski definition) is 2. The van der Waals surface area contributed by atoms with E-state index in [0.717, 1.165) is 31.8 Å². The molecule has 1 heterocycles. The Balaban J connectivity index is 1.87. The lowest BCUT2D eigenvalue weighted by Crippen LogP contribution is -2.27. The summed E-state index contributed by atoms with van der Waals surface area (Å²) in [6.45, 7) is 1.59. The largest absolute Gasteiger partial charge is 0.381 e. The Morgan fingerprint density at radius 3 is 2.53 bits per heavy atom. The van der Waals surface area contributed by atoms with Crippen LogP contribution in [0.4, 0.5) is 0 Å². The van der Waals surface area contributed by atoms with E-state index >= 15 is 0 Å². The molecule has 82 valence electrons. The van der Waals surface area contributed by atoms with Gasteiger partial charge in [-0.05, 0) is 18.4 Å². The predicted octanol–water partition coefficient (Wildman–Crippen LogP) is 3.67. The lowest BCUT2D eigenvalue weighted by atomic mass is 10.2. The van der Waals surface area contributed by atoms with Gasteiger partial charge in [0.05, 0.1) is 4.21 Å². The van der Waals surface area contributed by atoms with E-state index < -0.39 is 0 Å². The smallest absolute Gasteiger partial charge is 0.0943 e. The molecule has 0 unspecified atom stereocenters. The fourth-order valence-corrected chi connectivity index (χ4v) is 3.00. The van der Waals surface area contributed by atoms with Gasteiger partial charge in [-0.15, -0.1) is 23.4 Å². The summed E-state index contributed by atoms with van der Waals surface area (Å²) in [6.07, 6.45) is 1.90. The standard InChI is InChI=1S/C12H15ClOS/c13-12(6-8-14-9-7-12)15-10-11-4-2-1-3-5-11/h1-5H,6-10H2. The highest BCUT2D eigenvalue weighted by atomic mass is 35.5. The molecule has 2 rings (SSSR count). The Labute approximate surface area is 100 Å². The molecule has 0 spiro atoms. The van der Waals surface area contributed by atoms with Crippen LogP contribution in [0.2, 0.25) is 0 Å². The van der Waals surface area contributed by atoms with Crippen molar-refractivity contribution < 1.29 is 4.74 Å². The first-order valence-electron chi connectivity index (χ1n) is 5.23. The number of hydrogen-bond donors (Lipinski definition) is 0. The van der Waals surface area contributed by atoms with Crippen molar-refractivity contribution in [2.45, 2.75) is 22.8 Å². The maximum absolute atomic E-state index is 6.51. The van der Waals surface area contributed by atoms with Gasteiger partial charge in [0.2, 0.25) is 0 Å². The Morgan fingerprint density at radius 2 is 1.87 bits per heavy atom. The average Bonchev–Trinajstić information content (AvgIpc) is 2.29. The van der Waals surface area contributed by atoms with Crippen LogP contribution in [0.15, 0.2) is 30.3 Å². The molecule has 0 atom stereocenters. The summed E-state index contributed by atoms with van der Waals surface area (Å²) in [4.78, 5) is 0. The Kier molecular flexibility index (Phi) is 3.95. The summed E-state index contributed by atoms with van der Waals surface area (Å²) in [6, 6.07) is 10.5. The fraction of sp³-hybridized carbons (Fsp3) is 0.500. The number of benzene rings is 1. The minimum absolute atomic E-state index is 0.103. The van der Waals surface area contributed by atoms with Crippen molar-refractivity contribution in [2.24, 2.45) is 0 Å². The van der Waals surface area contributed by atoms with Gasteiger partial charge in [0.1, 0.15) is 0 Å². The molecule has 0 aliphatic carbocycles. The quantitative estimate of drug-likeness (QED) is 0.748. The van der Waals surface area contributed by atoms with Crippen molar-refractivity contribution in [1.29, 1.82) is 0 Å². The van der Waals surface area contributed by atoms with Crippen LogP contribution >= 0.6 is 23.4 Å². The van der Waals surface area contributed by atoms with Crippen molar-refractivity contribution in [3.8, 4) is 0 Å². The molecule has 1 fully saturated rings. The molecular weight excluding hydrogens is 228 g/mol. The molecule has 1 aromatic rings. The van der Waals surface area contributed by atoms with Crippen molar-refractivity contribution in [3.63, 3.8) is 0 Å². The molecule has 0 radical (unpaired) electrons. The topological polar surface area (TPSA) is 9.23 Å². The molecule has 1 saturated heterocycles. The monoisotopic (exact) mass is 242 g/mol. The molecule has 1 aliphatic rings. The van der Waals surface area contributed by atoms with Gasteiger partial charge < -0.3 is 4.74 Å².